The highest BCUT2D eigenvalue weighted by Gasteiger charge is 2.34. The van der Waals surface area contributed by atoms with E-state index < -0.39 is 30.7 Å². The smallest absolute Gasteiger partial charge is 0.267 e. The number of carbonyl (C=O) groups is 4. The van der Waals surface area contributed by atoms with Gasteiger partial charge in [0.2, 0.25) is 0 Å². The highest BCUT2D eigenvalue weighted by molar-refractivity contribution is 6.35. The first-order valence-corrected chi connectivity index (χ1v) is 3.76. The van der Waals surface area contributed by atoms with Crippen LogP contribution in [-0.2, 0) is 4.79 Å². The molecule has 2 rings (SSSR count). The zero-order valence-electron chi connectivity index (χ0n) is 7.15. The summed E-state index contributed by atoms with van der Waals surface area (Å²) in [4.78, 5) is 48.3. The number of hydrogen-bond acceptors (Lipinski definition) is 4. The van der Waals surface area contributed by atoms with Crippen molar-refractivity contribution in [3.05, 3.63) is 0 Å². The second kappa shape index (κ2) is 3.04. The molecule has 0 unspecified atom stereocenters. The number of imide groups is 2. The molecule has 9 heteroatoms. The van der Waals surface area contributed by atoms with E-state index in [0.29, 0.717) is 9.80 Å². The van der Waals surface area contributed by atoms with Crippen LogP contribution in [0.3, 0.4) is 0 Å². The van der Waals surface area contributed by atoms with Gasteiger partial charge in [0.15, 0.2) is 0 Å². The Bertz CT molecular complexity index is 363. The molecule has 0 spiro atoms. The summed E-state index contributed by atoms with van der Waals surface area (Å²) in [6.07, 6.45) is 0.807. The molecule has 7 amide bonds. The molecule has 2 aliphatic rings. The second-order valence-electron chi connectivity index (χ2n) is 2.64. The topological polar surface area (TPSA) is 112 Å². The molecule has 0 atom stereocenters. The fourth-order valence-corrected chi connectivity index (χ4v) is 1.01. The SMILES string of the molecule is O=C1C=NC(=O)N1CN1C(=O)N=NC1=O. The monoisotopic (exact) mass is 209 g/mol. The lowest BCUT2D eigenvalue weighted by Gasteiger charge is -2.16. The van der Waals surface area contributed by atoms with Gasteiger partial charge in [-0.3, -0.25) is 4.79 Å². The molecule has 0 aliphatic carbocycles. The Hall–Kier alpha value is -2.45. The number of azo groups is 1. The first kappa shape index (κ1) is 9.12. The van der Waals surface area contributed by atoms with Gasteiger partial charge in [0.1, 0.15) is 6.67 Å². The van der Waals surface area contributed by atoms with E-state index in [9.17, 15) is 19.2 Å². The van der Waals surface area contributed by atoms with Gasteiger partial charge in [-0.05, 0) is 0 Å². The molecule has 2 aliphatic heterocycles. The molecule has 0 aromatic carbocycles. The average Bonchev–Trinajstić information content (AvgIpc) is 2.67. The Morgan fingerprint density at radius 1 is 0.933 bits per heavy atom. The van der Waals surface area contributed by atoms with Crippen LogP contribution in [0.15, 0.2) is 15.2 Å². The zero-order chi connectivity index (χ0) is 11.0. The Kier molecular flexibility index (Phi) is 1.85. The maximum absolute atomic E-state index is 11.0. The molecule has 76 valence electrons. The van der Waals surface area contributed by atoms with Gasteiger partial charge in [0, 0.05) is 0 Å². The van der Waals surface area contributed by atoms with Crippen molar-refractivity contribution in [3.8, 4) is 0 Å². The Labute approximate surface area is 82.1 Å². The van der Waals surface area contributed by atoms with Crippen molar-refractivity contribution in [1.82, 2.24) is 9.80 Å². The summed E-state index contributed by atoms with van der Waals surface area (Å²) in [6.45, 7) is -0.512. The zero-order valence-corrected chi connectivity index (χ0v) is 7.15. The minimum absolute atomic E-state index is 0.512. The highest BCUT2D eigenvalue weighted by Crippen LogP contribution is 2.10. The lowest BCUT2D eigenvalue weighted by molar-refractivity contribution is -0.120. The van der Waals surface area contributed by atoms with Crippen LogP contribution in [0.2, 0.25) is 0 Å². The normalized spacial score (nSPS) is 20.0. The summed E-state index contributed by atoms with van der Waals surface area (Å²) in [5, 5.41) is 5.93. The minimum atomic E-state index is -0.910. The Morgan fingerprint density at radius 3 is 2.00 bits per heavy atom. The van der Waals surface area contributed by atoms with Crippen molar-refractivity contribution in [2.75, 3.05) is 6.67 Å². The van der Waals surface area contributed by atoms with Crippen LogP contribution in [0, 0.1) is 0 Å². The average molecular weight is 209 g/mol. The largest absolute Gasteiger partial charge is 0.372 e. The summed E-state index contributed by atoms with van der Waals surface area (Å²) in [6, 6.07) is -2.65. The molecule has 0 saturated heterocycles. The van der Waals surface area contributed by atoms with Gasteiger partial charge in [-0.1, -0.05) is 10.2 Å². The van der Waals surface area contributed by atoms with E-state index in [1.54, 1.807) is 0 Å². The van der Waals surface area contributed by atoms with Crippen LogP contribution in [0.4, 0.5) is 14.4 Å². The lowest BCUT2D eigenvalue weighted by atomic mass is 10.6. The van der Waals surface area contributed by atoms with Crippen molar-refractivity contribution in [2.45, 2.75) is 0 Å². The van der Waals surface area contributed by atoms with E-state index in [-0.39, 0.29) is 0 Å². The molecule has 0 radical (unpaired) electrons. The van der Waals surface area contributed by atoms with Crippen LogP contribution >= 0.6 is 0 Å². The van der Waals surface area contributed by atoms with Gasteiger partial charge in [-0.15, -0.1) is 0 Å². The first-order chi connectivity index (χ1) is 7.09. The molecule has 9 nitrogen and oxygen atoms in total. The number of carbonyl (C=O) groups excluding carboxylic acids is 4. The van der Waals surface area contributed by atoms with Crippen molar-refractivity contribution >= 4 is 30.2 Å². The van der Waals surface area contributed by atoms with Crippen molar-refractivity contribution in [1.29, 1.82) is 0 Å². The Balaban J connectivity index is 2.10. The molecule has 0 N–H and O–H groups in total. The molecule has 2 heterocycles. The highest BCUT2D eigenvalue weighted by atomic mass is 16.2. The summed E-state index contributed by atoms with van der Waals surface area (Å²) < 4.78 is 0. The van der Waals surface area contributed by atoms with Crippen LogP contribution in [-0.4, -0.2) is 46.7 Å². The van der Waals surface area contributed by atoms with Crippen LogP contribution in [0.5, 0.6) is 0 Å². The van der Waals surface area contributed by atoms with E-state index in [1.807, 2.05) is 0 Å². The number of urea groups is 3. The van der Waals surface area contributed by atoms with Gasteiger partial charge in [0.05, 0.1) is 6.21 Å². The quantitative estimate of drug-likeness (QED) is 0.636. The number of amides is 7. The summed E-state index contributed by atoms with van der Waals surface area (Å²) in [5.41, 5.74) is 0. The predicted molar refractivity (Wildman–Crippen MR) is 43.1 cm³/mol. The van der Waals surface area contributed by atoms with Crippen molar-refractivity contribution in [2.24, 2.45) is 15.2 Å². The van der Waals surface area contributed by atoms with Gasteiger partial charge >= 0.3 is 18.1 Å². The maximum Gasteiger partial charge on any atom is 0.372 e. The molecule has 0 aromatic heterocycles. The van der Waals surface area contributed by atoms with Gasteiger partial charge < -0.3 is 0 Å². The van der Waals surface area contributed by atoms with E-state index in [4.69, 9.17) is 0 Å². The summed E-state index contributed by atoms with van der Waals surface area (Å²) in [5.74, 6) is -0.687. The molecule has 0 saturated carbocycles. The number of hydrogen-bond donors (Lipinski definition) is 0. The molecule has 0 bridgehead atoms. The summed E-state index contributed by atoms with van der Waals surface area (Å²) >= 11 is 0. The minimum Gasteiger partial charge on any atom is -0.267 e. The van der Waals surface area contributed by atoms with Gasteiger partial charge in [0.25, 0.3) is 5.91 Å². The van der Waals surface area contributed by atoms with E-state index in [0.717, 1.165) is 6.21 Å². The second-order valence-corrected chi connectivity index (χ2v) is 2.64. The molecular weight excluding hydrogens is 206 g/mol. The fraction of sp³-hybridized carbons (Fsp3) is 0.167. The molecule has 0 aromatic rings. The van der Waals surface area contributed by atoms with E-state index in [2.05, 4.69) is 15.2 Å². The number of rotatable bonds is 2. The molecule has 0 fully saturated rings. The van der Waals surface area contributed by atoms with Crippen molar-refractivity contribution in [3.63, 3.8) is 0 Å². The van der Waals surface area contributed by atoms with Crippen LogP contribution < -0.4 is 0 Å². The third-order valence-corrected chi connectivity index (χ3v) is 1.75. The van der Waals surface area contributed by atoms with Gasteiger partial charge in [-0.25, -0.2) is 24.2 Å². The Morgan fingerprint density at radius 2 is 1.53 bits per heavy atom. The third kappa shape index (κ3) is 1.39. The van der Waals surface area contributed by atoms with Gasteiger partial charge in [-0.2, -0.15) is 4.99 Å². The maximum atomic E-state index is 11.0. The molecule has 15 heavy (non-hydrogen) atoms. The van der Waals surface area contributed by atoms with Crippen molar-refractivity contribution < 1.29 is 19.2 Å². The first-order valence-electron chi connectivity index (χ1n) is 3.76. The van der Waals surface area contributed by atoms with E-state index >= 15 is 0 Å². The number of nitrogens with zero attached hydrogens (tertiary/aromatic N) is 5. The third-order valence-electron chi connectivity index (χ3n) is 1.75. The standard InChI is InChI=1S/C6H3N5O4/c12-3-1-7-4(13)10(3)2-11-5(14)8-9-6(11)15/h1H,2H2. The molecular formula is C6H3N5O4. The number of aliphatic imine (C=N–C) groups is 1. The fourth-order valence-electron chi connectivity index (χ4n) is 1.01. The summed E-state index contributed by atoms with van der Waals surface area (Å²) in [7, 11) is 0. The van der Waals surface area contributed by atoms with Crippen LogP contribution in [0.1, 0.15) is 0 Å². The lowest BCUT2D eigenvalue weighted by Crippen LogP contribution is -2.43. The van der Waals surface area contributed by atoms with Crippen LogP contribution in [0.25, 0.3) is 0 Å². The van der Waals surface area contributed by atoms with E-state index in [1.165, 1.54) is 0 Å². The predicted octanol–water partition coefficient (Wildman–Crippen LogP) is -0.0153.